The van der Waals surface area contributed by atoms with E-state index in [1.165, 1.54) is 0 Å². The molecule has 0 aliphatic carbocycles. The van der Waals surface area contributed by atoms with Gasteiger partial charge in [-0.1, -0.05) is 48.5 Å². The second-order valence-electron chi connectivity index (χ2n) is 8.41. The van der Waals surface area contributed by atoms with E-state index in [9.17, 15) is 23.3 Å². The molecule has 5 aromatic carbocycles. The van der Waals surface area contributed by atoms with Gasteiger partial charge in [0.1, 0.15) is 17.2 Å². The molecule has 0 saturated carbocycles. The first kappa shape index (κ1) is 25.5. The Morgan fingerprint density at radius 2 is 1.41 bits per heavy atom. The summed E-state index contributed by atoms with van der Waals surface area (Å²) in [5.74, 6) is 1.21. The van der Waals surface area contributed by atoms with E-state index in [0.29, 0.717) is 28.8 Å². The molecule has 0 spiro atoms. The second kappa shape index (κ2) is 10.7. The van der Waals surface area contributed by atoms with Crippen molar-refractivity contribution in [2.75, 3.05) is 0 Å². The summed E-state index contributed by atoms with van der Waals surface area (Å²) in [5, 5.41) is 13.2. The van der Waals surface area contributed by atoms with Gasteiger partial charge in [0.15, 0.2) is 0 Å². The minimum absolute atomic E-state index is 0.198. The SMILES string of the molecule is O=[N+]([O-])c1cc(C(F)(F)F)ccc1Oc1ccc2ccccc2c1C=Nc1ccc(Oc2ccccc2)cc1. The van der Waals surface area contributed by atoms with E-state index in [0.717, 1.165) is 22.9 Å². The zero-order valence-electron chi connectivity index (χ0n) is 20.1. The molecule has 0 heterocycles. The predicted octanol–water partition coefficient (Wildman–Crippen LogP) is 9.10. The number of nitro benzene ring substituents is 1. The molecule has 5 rings (SSSR count). The number of alkyl halides is 3. The van der Waals surface area contributed by atoms with Gasteiger partial charge in [-0.05, 0) is 65.4 Å². The van der Waals surface area contributed by atoms with E-state index in [4.69, 9.17) is 9.47 Å². The molecule has 0 aliphatic rings. The Balaban J connectivity index is 1.48. The maximum atomic E-state index is 13.1. The Labute approximate surface area is 220 Å². The highest BCUT2D eigenvalue weighted by molar-refractivity contribution is 6.03. The first-order chi connectivity index (χ1) is 18.8. The Morgan fingerprint density at radius 1 is 0.744 bits per heavy atom. The van der Waals surface area contributed by atoms with Crippen molar-refractivity contribution in [2.45, 2.75) is 6.18 Å². The molecule has 194 valence electrons. The van der Waals surface area contributed by atoms with Gasteiger partial charge in [-0.25, -0.2) is 0 Å². The third-order valence-electron chi connectivity index (χ3n) is 5.79. The zero-order chi connectivity index (χ0) is 27.4. The van der Waals surface area contributed by atoms with Crippen LogP contribution in [0.25, 0.3) is 10.8 Å². The summed E-state index contributed by atoms with van der Waals surface area (Å²) in [6.07, 6.45) is -3.17. The minimum Gasteiger partial charge on any atom is -0.457 e. The minimum atomic E-state index is -4.73. The van der Waals surface area contributed by atoms with Crippen molar-refractivity contribution in [3.05, 3.63) is 130 Å². The summed E-state index contributed by atoms with van der Waals surface area (Å²) in [5.41, 5.74) is -0.821. The Kier molecular flexibility index (Phi) is 6.96. The number of rotatable bonds is 7. The third-order valence-corrected chi connectivity index (χ3v) is 5.79. The molecule has 9 heteroatoms. The van der Waals surface area contributed by atoms with Crippen LogP contribution in [0.2, 0.25) is 0 Å². The van der Waals surface area contributed by atoms with Crippen LogP contribution in [0.5, 0.6) is 23.0 Å². The molecule has 0 bridgehead atoms. The summed E-state index contributed by atoms with van der Waals surface area (Å²) in [7, 11) is 0. The van der Waals surface area contributed by atoms with Crippen LogP contribution < -0.4 is 9.47 Å². The maximum absolute atomic E-state index is 13.1. The fourth-order valence-electron chi connectivity index (χ4n) is 3.90. The van der Waals surface area contributed by atoms with Crippen molar-refractivity contribution in [3.8, 4) is 23.0 Å². The normalized spacial score (nSPS) is 11.6. The quantitative estimate of drug-likeness (QED) is 0.120. The molecule has 39 heavy (non-hydrogen) atoms. The van der Waals surface area contributed by atoms with Crippen molar-refractivity contribution in [2.24, 2.45) is 4.99 Å². The van der Waals surface area contributed by atoms with Crippen LogP contribution in [-0.2, 0) is 6.18 Å². The number of para-hydroxylation sites is 1. The summed E-state index contributed by atoms with van der Waals surface area (Å²) < 4.78 is 51.0. The lowest BCUT2D eigenvalue weighted by Crippen LogP contribution is -2.06. The monoisotopic (exact) mass is 528 g/mol. The number of benzene rings is 5. The maximum Gasteiger partial charge on any atom is 0.416 e. The molecule has 0 atom stereocenters. The van der Waals surface area contributed by atoms with E-state index in [2.05, 4.69) is 4.99 Å². The summed E-state index contributed by atoms with van der Waals surface area (Å²) in [6.45, 7) is 0. The van der Waals surface area contributed by atoms with Crippen LogP contribution in [0.15, 0.2) is 114 Å². The molecule has 0 aliphatic heterocycles. The molecule has 5 aromatic rings. The van der Waals surface area contributed by atoms with Crippen molar-refractivity contribution in [1.82, 2.24) is 0 Å². The van der Waals surface area contributed by atoms with Crippen LogP contribution >= 0.6 is 0 Å². The van der Waals surface area contributed by atoms with Crippen LogP contribution in [-0.4, -0.2) is 11.1 Å². The average Bonchev–Trinajstić information content (AvgIpc) is 2.93. The zero-order valence-corrected chi connectivity index (χ0v) is 20.1. The van der Waals surface area contributed by atoms with E-state index in [1.807, 2.05) is 54.6 Å². The standard InChI is InChI=1S/C30H19F3N2O4/c31-30(32,33)21-11-17-29(27(18-21)35(36)37)39-28-16-10-20-6-4-5-9-25(20)26(28)19-34-22-12-14-24(15-13-22)38-23-7-2-1-3-8-23/h1-19H. The fourth-order valence-corrected chi connectivity index (χ4v) is 3.90. The van der Waals surface area contributed by atoms with Crippen LogP contribution in [0, 0.1) is 10.1 Å². The first-order valence-corrected chi connectivity index (χ1v) is 11.7. The predicted molar refractivity (Wildman–Crippen MR) is 142 cm³/mol. The van der Waals surface area contributed by atoms with Gasteiger partial charge >= 0.3 is 11.9 Å². The molecular weight excluding hydrogens is 509 g/mol. The van der Waals surface area contributed by atoms with E-state index < -0.39 is 22.4 Å². The second-order valence-corrected chi connectivity index (χ2v) is 8.41. The van der Waals surface area contributed by atoms with Crippen LogP contribution in [0.4, 0.5) is 24.5 Å². The molecule has 0 unspecified atom stereocenters. The summed E-state index contributed by atoms with van der Waals surface area (Å²) >= 11 is 0. The fraction of sp³-hybridized carbons (Fsp3) is 0.0333. The topological polar surface area (TPSA) is 74.0 Å². The van der Waals surface area contributed by atoms with E-state index in [1.54, 1.807) is 42.6 Å². The lowest BCUT2D eigenvalue weighted by molar-refractivity contribution is -0.385. The largest absolute Gasteiger partial charge is 0.457 e. The van der Waals surface area contributed by atoms with Gasteiger partial charge in [0.25, 0.3) is 0 Å². The molecule has 0 aromatic heterocycles. The number of hydrogen-bond donors (Lipinski definition) is 0. The number of aliphatic imine (C=N–C) groups is 1. The summed E-state index contributed by atoms with van der Waals surface area (Å²) in [6, 6.07) is 29.3. The molecule has 0 amide bonds. The van der Waals surface area contributed by atoms with Crippen molar-refractivity contribution >= 4 is 28.4 Å². The lowest BCUT2D eigenvalue weighted by Gasteiger charge is -2.13. The van der Waals surface area contributed by atoms with Gasteiger partial charge in [-0.3, -0.25) is 15.1 Å². The molecule has 0 N–H and O–H groups in total. The first-order valence-electron chi connectivity index (χ1n) is 11.7. The van der Waals surface area contributed by atoms with Gasteiger partial charge in [0.2, 0.25) is 5.75 Å². The number of fused-ring (bicyclic) bond motifs is 1. The van der Waals surface area contributed by atoms with Crippen molar-refractivity contribution in [1.29, 1.82) is 0 Å². The smallest absolute Gasteiger partial charge is 0.416 e. The van der Waals surface area contributed by atoms with Crippen molar-refractivity contribution < 1.29 is 27.6 Å². The van der Waals surface area contributed by atoms with E-state index >= 15 is 0 Å². The van der Waals surface area contributed by atoms with Gasteiger partial charge < -0.3 is 9.47 Å². The Hall–Kier alpha value is -5.18. The Morgan fingerprint density at radius 3 is 2.13 bits per heavy atom. The average molecular weight is 528 g/mol. The number of hydrogen-bond acceptors (Lipinski definition) is 5. The molecule has 0 fully saturated rings. The number of halogens is 3. The van der Waals surface area contributed by atoms with Crippen LogP contribution in [0.3, 0.4) is 0 Å². The van der Waals surface area contributed by atoms with Gasteiger partial charge in [-0.2, -0.15) is 13.2 Å². The van der Waals surface area contributed by atoms with Gasteiger partial charge in [0.05, 0.1) is 16.2 Å². The summed E-state index contributed by atoms with van der Waals surface area (Å²) in [4.78, 5) is 15.2. The van der Waals surface area contributed by atoms with Gasteiger partial charge in [0, 0.05) is 17.8 Å². The molecule has 0 saturated heterocycles. The highest BCUT2D eigenvalue weighted by atomic mass is 19.4. The highest BCUT2D eigenvalue weighted by Crippen LogP contribution is 2.39. The van der Waals surface area contributed by atoms with Gasteiger partial charge in [-0.15, -0.1) is 0 Å². The Bertz CT molecular complexity index is 1670. The number of ether oxygens (including phenoxy) is 2. The molecule has 6 nitrogen and oxygen atoms in total. The van der Waals surface area contributed by atoms with Crippen LogP contribution in [0.1, 0.15) is 11.1 Å². The molecular formula is C30H19F3N2O4. The number of nitro groups is 1. The molecule has 0 radical (unpaired) electrons. The third kappa shape index (κ3) is 5.88. The lowest BCUT2D eigenvalue weighted by atomic mass is 10.0. The van der Waals surface area contributed by atoms with Crippen molar-refractivity contribution in [3.63, 3.8) is 0 Å². The highest BCUT2D eigenvalue weighted by Gasteiger charge is 2.33. The number of nitrogens with zero attached hydrogens (tertiary/aromatic N) is 2. The van der Waals surface area contributed by atoms with E-state index in [-0.39, 0.29) is 11.5 Å².